The van der Waals surface area contributed by atoms with E-state index in [0.717, 1.165) is 50.7 Å². The van der Waals surface area contributed by atoms with Crippen LogP contribution in [0.3, 0.4) is 0 Å². The predicted molar refractivity (Wildman–Crippen MR) is 111 cm³/mol. The lowest BCUT2D eigenvalue weighted by Crippen LogP contribution is -2.33. The highest BCUT2D eigenvalue weighted by molar-refractivity contribution is 5.93. The molecule has 30 heavy (non-hydrogen) atoms. The first-order valence-corrected chi connectivity index (χ1v) is 10.5. The fourth-order valence-electron chi connectivity index (χ4n) is 4.46. The number of rotatable bonds is 4. The van der Waals surface area contributed by atoms with Gasteiger partial charge >= 0.3 is 0 Å². The Morgan fingerprint density at radius 1 is 1.00 bits per heavy atom. The summed E-state index contributed by atoms with van der Waals surface area (Å²) < 4.78 is 2.24. The van der Waals surface area contributed by atoms with E-state index in [1.165, 1.54) is 5.56 Å². The molecule has 1 fully saturated rings. The Morgan fingerprint density at radius 3 is 2.67 bits per heavy atom. The Labute approximate surface area is 175 Å². The van der Waals surface area contributed by atoms with Crippen molar-refractivity contribution in [1.29, 1.82) is 0 Å². The van der Waals surface area contributed by atoms with Gasteiger partial charge in [0.05, 0.1) is 5.56 Å². The van der Waals surface area contributed by atoms with Crippen LogP contribution in [0.25, 0.3) is 0 Å². The highest BCUT2D eigenvalue weighted by Crippen LogP contribution is 2.28. The maximum absolute atomic E-state index is 12.8. The molecule has 0 saturated carbocycles. The van der Waals surface area contributed by atoms with E-state index < -0.39 is 0 Å². The second kappa shape index (κ2) is 8.31. The molecule has 8 nitrogen and oxygen atoms in total. The molecule has 5 heterocycles. The average molecular weight is 403 g/mol. The number of amides is 1. The molecule has 3 aromatic rings. The number of aromatic nitrogens is 5. The van der Waals surface area contributed by atoms with Crippen LogP contribution in [0.4, 0.5) is 0 Å². The van der Waals surface area contributed by atoms with E-state index in [2.05, 4.69) is 35.7 Å². The van der Waals surface area contributed by atoms with Crippen molar-refractivity contribution in [3.8, 4) is 0 Å². The highest BCUT2D eigenvalue weighted by Gasteiger charge is 2.30. The first-order chi connectivity index (χ1) is 14.8. The SMILES string of the molecule is O=C(c1cccnc1)N1CCc2nnc(C3CCN(Cc4cccnc4)C3)n2CC1. The summed E-state index contributed by atoms with van der Waals surface area (Å²) in [6, 6.07) is 7.73. The third-order valence-electron chi connectivity index (χ3n) is 6.02. The summed E-state index contributed by atoms with van der Waals surface area (Å²) in [4.78, 5) is 25.5. The van der Waals surface area contributed by atoms with Gasteiger partial charge in [-0.3, -0.25) is 19.7 Å². The van der Waals surface area contributed by atoms with E-state index in [-0.39, 0.29) is 5.91 Å². The van der Waals surface area contributed by atoms with Crippen molar-refractivity contribution >= 4 is 5.91 Å². The fraction of sp³-hybridized carbons (Fsp3) is 0.409. The van der Waals surface area contributed by atoms with Gasteiger partial charge in [-0.05, 0) is 36.7 Å². The molecular formula is C22H25N7O. The lowest BCUT2D eigenvalue weighted by atomic mass is 10.1. The molecule has 0 N–H and O–H groups in total. The number of pyridine rings is 2. The van der Waals surface area contributed by atoms with E-state index in [0.29, 0.717) is 24.6 Å². The quantitative estimate of drug-likeness (QED) is 0.660. The summed E-state index contributed by atoms with van der Waals surface area (Å²) in [6.45, 7) is 5.00. The molecule has 5 rings (SSSR count). The Hall–Kier alpha value is -3.13. The summed E-state index contributed by atoms with van der Waals surface area (Å²) in [5.74, 6) is 2.46. The minimum atomic E-state index is 0.0341. The summed E-state index contributed by atoms with van der Waals surface area (Å²) >= 11 is 0. The molecule has 1 unspecified atom stereocenters. The fourth-order valence-corrected chi connectivity index (χ4v) is 4.46. The van der Waals surface area contributed by atoms with Crippen molar-refractivity contribution in [3.05, 3.63) is 71.8 Å². The maximum atomic E-state index is 12.8. The lowest BCUT2D eigenvalue weighted by Gasteiger charge is -2.20. The number of nitrogens with zero attached hydrogens (tertiary/aromatic N) is 7. The number of hydrogen-bond donors (Lipinski definition) is 0. The van der Waals surface area contributed by atoms with Gasteiger partial charge in [0.1, 0.15) is 11.6 Å². The predicted octanol–water partition coefficient (Wildman–Crippen LogP) is 1.76. The molecule has 1 atom stereocenters. The van der Waals surface area contributed by atoms with Crippen molar-refractivity contribution in [2.24, 2.45) is 0 Å². The highest BCUT2D eigenvalue weighted by atomic mass is 16.2. The molecule has 3 aromatic heterocycles. The molecular weight excluding hydrogens is 378 g/mol. The Bertz CT molecular complexity index is 1000. The Morgan fingerprint density at radius 2 is 1.87 bits per heavy atom. The van der Waals surface area contributed by atoms with Crippen molar-refractivity contribution < 1.29 is 4.79 Å². The van der Waals surface area contributed by atoms with Crippen LogP contribution in [0.5, 0.6) is 0 Å². The molecule has 2 aliphatic heterocycles. The summed E-state index contributed by atoms with van der Waals surface area (Å²) in [5.41, 5.74) is 1.88. The van der Waals surface area contributed by atoms with E-state index in [1.54, 1.807) is 18.5 Å². The topological polar surface area (TPSA) is 80.0 Å². The first-order valence-electron chi connectivity index (χ1n) is 10.5. The van der Waals surface area contributed by atoms with Gasteiger partial charge in [-0.1, -0.05) is 6.07 Å². The molecule has 1 saturated heterocycles. The van der Waals surface area contributed by atoms with Crippen molar-refractivity contribution in [2.75, 3.05) is 26.2 Å². The second-order valence-corrected chi connectivity index (χ2v) is 7.99. The maximum Gasteiger partial charge on any atom is 0.255 e. The third-order valence-corrected chi connectivity index (χ3v) is 6.02. The number of likely N-dealkylation sites (tertiary alicyclic amines) is 1. The van der Waals surface area contributed by atoms with E-state index in [4.69, 9.17) is 0 Å². The Kier molecular flexibility index (Phi) is 5.23. The second-order valence-electron chi connectivity index (χ2n) is 7.99. The molecule has 0 spiro atoms. The number of carbonyl (C=O) groups excluding carboxylic acids is 1. The number of carbonyl (C=O) groups is 1. The van der Waals surface area contributed by atoms with Crippen LogP contribution in [-0.4, -0.2) is 66.6 Å². The van der Waals surface area contributed by atoms with Gasteiger partial charge in [0.2, 0.25) is 0 Å². The molecule has 8 heteroatoms. The third kappa shape index (κ3) is 3.82. The average Bonchev–Trinajstić information content (AvgIpc) is 3.36. The van der Waals surface area contributed by atoms with E-state index in [1.807, 2.05) is 29.4 Å². The monoisotopic (exact) mass is 403 g/mol. The molecule has 0 bridgehead atoms. The van der Waals surface area contributed by atoms with Crippen molar-refractivity contribution in [3.63, 3.8) is 0 Å². The minimum Gasteiger partial charge on any atom is -0.336 e. The van der Waals surface area contributed by atoms with Gasteiger partial charge < -0.3 is 9.47 Å². The molecule has 0 aromatic carbocycles. The zero-order chi connectivity index (χ0) is 20.3. The zero-order valence-electron chi connectivity index (χ0n) is 16.9. The van der Waals surface area contributed by atoms with Gasteiger partial charge in [-0.25, -0.2) is 0 Å². The van der Waals surface area contributed by atoms with Crippen LogP contribution in [0.2, 0.25) is 0 Å². The van der Waals surface area contributed by atoms with E-state index >= 15 is 0 Å². The number of fused-ring (bicyclic) bond motifs is 1. The largest absolute Gasteiger partial charge is 0.336 e. The Balaban J connectivity index is 1.25. The van der Waals surface area contributed by atoms with Crippen LogP contribution >= 0.6 is 0 Å². The summed E-state index contributed by atoms with van der Waals surface area (Å²) in [5, 5.41) is 9.02. The molecule has 0 radical (unpaired) electrons. The first kappa shape index (κ1) is 18.9. The summed E-state index contributed by atoms with van der Waals surface area (Å²) in [7, 11) is 0. The summed E-state index contributed by atoms with van der Waals surface area (Å²) in [6.07, 6.45) is 8.87. The standard InChI is InChI=1S/C22H25N7O/c30-22(18-4-2-8-24-14-18)28-10-6-20-25-26-21(29(20)12-11-28)19-5-9-27(16-19)15-17-3-1-7-23-13-17/h1-4,7-8,13-14,19H,5-6,9-12,15-16H2. The van der Waals surface area contributed by atoms with Gasteiger partial charge in [0.15, 0.2) is 0 Å². The van der Waals surface area contributed by atoms with Crippen molar-refractivity contribution in [1.82, 2.24) is 34.5 Å². The van der Waals surface area contributed by atoms with E-state index in [9.17, 15) is 4.79 Å². The smallest absolute Gasteiger partial charge is 0.255 e. The normalized spacial score (nSPS) is 19.5. The number of hydrogen-bond acceptors (Lipinski definition) is 6. The van der Waals surface area contributed by atoms with Crippen LogP contribution in [0, 0.1) is 0 Å². The lowest BCUT2D eigenvalue weighted by molar-refractivity contribution is 0.0758. The molecule has 1 amide bonds. The molecule has 154 valence electrons. The van der Waals surface area contributed by atoms with Gasteiger partial charge in [0, 0.05) is 69.8 Å². The van der Waals surface area contributed by atoms with Gasteiger partial charge in [-0.15, -0.1) is 10.2 Å². The zero-order valence-corrected chi connectivity index (χ0v) is 16.9. The van der Waals surface area contributed by atoms with Crippen LogP contribution < -0.4 is 0 Å². The van der Waals surface area contributed by atoms with Crippen molar-refractivity contribution in [2.45, 2.75) is 31.8 Å². The van der Waals surface area contributed by atoms with Gasteiger partial charge in [-0.2, -0.15) is 0 Å². The minimum absolute atomic E-state index is 0.0341. The van der Waals surface area contributed by atoms with Gasteiger partial charge in [0.25, 0.3) is 5.91 Å². The van der Waals surface area contributed by atoms with Crippen LogP contribution in [-0.2, 0) is 19.5 Å². The van der Waals surface area contributed by atoms with Crippen LogP contribution in [0.1, 0.15) is 39.9 Å². The molecule has 0 aliphatic carbocycles. The molecule has 2 aliphatic rings. The van der Waals surface area contributed by atoms with Crippen LogP contribution in [0.15, 0.2) is 49.1 Å².